The summed E-state index contributed by atoms with van der Waals surface area (Å²) >= 11 is 0. The van der Waals surface area contributed by atoms with Crippen LogP contribution in [0.3, 0.4) is 0 Å². The molecule has 2 fully saturated rings. The second-order valence-electron chi connectivity index (χ2n) is 7.35. The molecule has 1 amide bonds. The predicted molar refractivity (Wildman–Crippen MR) is 118 cm³/mol. The zero-order chi connectivity index (χ0) is 17.5. The smallest absolute Gasteiger partial charge is 0.227 e. The van der Waals surface area contributed by atoms with Crippen LogP contribution in [0.25, 0.3) is 0 Å². The molecule has 0 aliphatic heterocycles. The van der Waals surface area contributed by atoms with Gasteiger partial charge in [0.05, 0.1) is 6.54 Å². The first-order valence-corrected chi connectivity index (χ1v) is 9.67. The quantitative estimate of drug-likeness (QED) is 0.262. The maximum atomic E-state index is 12.1. The molecule has 0 atom stereocenters. The van der Waals surface area contributed by atoms with Crippen molar-refractivity contribution < 1.29 is 4.79 Å². The Morgan fingerprint density at radius 2 is 1.81 bits per heavy atom. The molecule has 144 valence electrons. The summed E-state index contributed by atoms with van der Waals surface area (Å²) < 4.78 is 0. The molecule has 2 aliphatic rings. The number of carbonyl (C=O) groups excluding carboxylic acids is 1. The largest absolute Gasteiger partial charge is 0.370 e. The van der Waals surface area contributed by atoms with E-state index in [4.69, 9.17) is 5.73 Å². The van der Waals surface area contributed by atoms with Gasteiger partial charge >= 0.3 is 0 Å². The normalized spacial score (nSPS) is 19.0. The Bertz CT molecular complexity index is 608. The summed E-state index contributed by atoms with van der Waals surface area (Å²) in [7, 11) is 0. The number of hydrogen-bond acceptors (Lipinski definition) is 2. The van der Waals surface area contributed by atoms with Crippen molar-refractivity contribution in [2.45, 2.75) is 70.4 Å². The molecule has 0 bridgehead atoms. The highest BCUT2D eigenvalue weighted by molar-refractivity contribution is 14.0. The van der Waals surface area contributed by atoms with Gasteiger partial charge < -0.3 is 16.4 Å². The van der Waals surface area contributed by atoms with Crippen LogP contribution < -0.4 is 16.4 Å². The maximum Gasteiger partial charge on any atom is 0.227 e. The molecule has 5 nitrogen and oxygen atoms in total. The molecule has 2 saturated carbocycles. The molecule has 0 radical (unpaired) electrons. The van der Waals surface area contributed by atoms with Crippen molar-refractivity contribution in [1.82, 2.24) is 5.32 Å². The van der Waals surface area contributed by atoms with Crippen molar-refractivity contribution in [2.24, 2.45) is 16.6 Å². The minimum absolute atomic E-state index is 0. The third-order valence-corrected chi connectivity index (χ3v) is 5.31. The number of nitrogens with two attached hydrogens (primary N) is 1. The summed E-state index contributed by atoms with van der Waals surface area (Å²) in [6.07, 6.45) is 10.8. The number of benzene rings is 1. The van der Waals surface area contributed by atoms with Crippen LogP contribution in [0, 0.1) is 5.92 Å². The van der Waals surface area contributed by atoms with E-state index in [1.807, 2.05) is 24.3 Å². The third-order valence-electron chi connectivity index (χ3n) is 5.31. The van der Waals surface area contributed by atoms with Crippen LogP contribution in [0.15, 0.2) is 29.3 Å². The van der Waals surface area contributed by atoms with E-state index < -0.39 is 0 Å². The summed E-state index contributed by atoms with van der Waals surface area (Å²) in [5, 5.41) is 6.37. The van der Waals surface area contributed by atoms with Gasteiger partial charge in [-0.2, -0.15) is 0 Å². The highest BCUT2D eigenvalue weighted by Crippen LogP contribution is 2.27. The Morgan fingerprint density at radius 3 is 2.46 bits per heavy atom. The van der Waals surface area contributed by atoms with E-state index in [0.717, 1.165) is 24.1 Å². The lowest BCUT2D eigenvalue weighted by atomic mass is 9.85. The number of aliphatic imine (C=N–C) groups is 1. The van der Waals surface area contributed by atoms with Crippen LogP contribution in [-0.2, 0) is 11.3 Å². The van der Waals surface area contributed by atoms with Crippen molar-refractivity contribution in [3.8, 4) is 0 Å². The molecule has 0 spiro atoms. The fraction of sp³-hybridized carbons (Fsp3) is 0.600. The molecule has 26 heavy (non-hydrogen) atoms. The van der Waals surface area contributed by atoms with Crippen molar-refractivity contribution in [3.05, 3.63) is 29.8 Å². The van der Waals surface area contributed by atoms with Gasteiger partial charge in [0, 0.05) is 17.6 Å². The first-order chi connectivity index (χ1) is 12.2. The Hall–Kier alpha value is -1.31. The zero-order valence-electron chi connectivity index (χ0n) is 15.4. The molecule has 0 saturated heterocycles. The molecule has 1 aromatic carbocycles. The number of carbonyl (C=O) groups is 1. The van der Waals surface area contributed by atoms with Gasteiger partial charge in [-0.25, -0.2) is 4.99 Å². The summed E-state index contributed by atoms with van der Waals surface area (Å²) in [6, 6.07) is 8.34. The van der Waals surface area contributed by atoms with Gasteiger partial charge in [0.2, 0.25) is 5.91 Å². The van der Waals surface area contributed by atoms with E-state index in [1.54, 1.807) is 0 Å². The minimum Gasteiger partial charge on any atom is -0.370 e. The molecular formula is C20H31IN4O. The van der Waals surface area contributed by atoms with Gasteiger partial charge in [0.1, 0.15) is 0 Å². The lowest BCUT2D eigenvalue weighted by Gasteiger charge is -2.24. The van der Waals surface area contributed by atoms with E-state index in [0.29, 0.717) is 18.5 Å². The first kappa shape index (κ1) is 21.0. The van der Waals surface area contributed by atoms with E-state index in [2.05, 4.69) is 15.6 Å². The number of nitrogens with zero attached hydrogens (tertiary/aromatic N) is 1. The number of hydrogen-bond donors (Lipinski definition) is 3. The average Bonchev–Trinajstić information content (AvgIpc) is 2.80. The van der Waals surface area contributed by atoms with Gasteiger partial charge in [-0.3, -0.25) is 4.79 Å². The van der Waals surface area contributed by atoms with Gasteiger partial charge in [-0.15, -0.1) is 24.0 Å². The van der Waals surface area contributed by atoms with Crippen LogP contribution in [0.2, 0.25) is 0 Å². The number of anilines is 1. The van der Waals surface area contributed by atoms with Crippen LogP contribution in [0.4, 0.5) is 5.69 Å². The number of amides is 1. The molecule has 1 aromatic rings. The summed E-state index contributed by atoms with van der Waals surface area (Å²) in [5.74, 6) is 0.860. The van der Waals surface area contributed by atoms with Gasteiger partial charge in [-0.05, 0) is 43.4 Å². The SMILES string of the molecule is I.NC(=NCc1cccc(NC(=O)C2CCC2)c1)NC1CCCCCC1. The molecule has 0 aromatic heterocycles. The van der Waals surface area contributed by atoms with Gasteiger partial charge in [0.15, 0.2) is 5.96 Å². The standard InChI is InChI=1S/C20H30N4O.HI/c21-20(24-17-10-3-1-2-4-11-17)22-14-15-7-5-12-18(13-15)23-19(25)16-8-6-9-16;/h5,7,12-13,16-17H,1-4,6,8-11,14H2,(H,23,25)(H3,21,22,24);1H. The van der Waals surface area contributed by atoms with E-state index in [1.165, 1.54) is 44.9 Å². The highest BCUT2D eigenvalue weighted by atomic mass is 127. The number of halogens is 1. The molecule has 2 aliphatic carbocycles. The van der Waals surface area contributed by atoms with Crippen molar-refractivity contribution >= 4 is 41.5 Å². The summed E-state index contributed by atoms with van der Waals surface area (Å²) in [6.45, 7) is 0.526. The Labute approximate surface area is 173 Å². The average molecular weight is 470 g/mol. The summed E-state index contributed by atoms with van der Waals surface area (Å²) in [4.78, 5) is 16.5. The second-order valence-corrected chi connectivity index (χ2v) is 7.35. The zero-order valence-corrected chi connectivity index (χ0v) is 17.7. The predicted octanol–water partition coefficient (Wildman–Crippen LogP) is 4.17. The van der Waals surface area contributed by atoms with Crippen LogP contribution >= 0.6 is 24.0 Å². The second kappa shape index (κ2) is 10.7. The van der Waals surface area contributed by atoms with Crippen LogP contribution in [0.1, 0.15) is 63.4 Å². The number of guanidine groups is 1. The molecular weight excluding hydrogens is 439 g/mol. The van der Waals surface area contributed by atoms with E-state index in [-0.39, 0.29) is 35.8 Å². The van der Waals surface area contributed by atoms with Gasteiger partial charge in [-0.1, -0.05) is 44.2 Å². The minimum atomic E-state index is 0. The molecule has 4 N–H and O–H groups in total. The third kappa shape index (κ3) is 6.45. The van der Waals surface area contributed by atoms with Gasteiger partial charge in [0.25, 0.3) is 0 Å². The highest BCUT2D eigenvalue weighted by Gasteiger charge is 2.25. The Morgan fingerprint density at radius 1 is 1.08 bits per heavy atom. The van der Waals surface area contributed by atoms with E-state index in [9.17, 15) is 4.79 Å². The molecule has 3 rings (SSSR count). The first-order valence-electron chi connectivity index (χ1n) is 9.67. The molecule has 0 unspecified atom stereocenters. The molecule has 6 heteroatoms. The Kier molecular flexibility index (Phi) is 8.68. The lowest BCUT2D eigenvalue weighted by molar-refractivity contribution is -0.122. The van der Waals surface area contributed by atoms with Crippen molar-refractivity contribution in [3.63, 3.8) is 0 Å². The topological polar surface area (TPSA) is 79.5 Å². The van der Waals surface area contributed by atoms with Crippen LogP contribution in [0.5, 0.6) is 0 Å². The fourth-order valence-corrected chi connectivity index (χ4v) is 3.52. The van der Waals surface area contributed by atoms with Crippen LogP contribution in [-0.4, -0.2) is 17.9 Å². The monoisotopic (exact) mass is 470 g/mol. The lowest BCUT2D eigenvalue weighted by Crippen LogP contribution is -2.39. The number of rotatable bonds is 5. The maximum absolute atomic E-state index is 12.1. The fourth-order valence-electron chi connectivity index (χ4n) is 3.52. The summed E-state index contributed by atoms with van der Waals surface area (Å²) in [5.41, 5.74) is 7.96. The van der Waals surface area contributed by atoms with Crippen molar-refractivity contribution in [2.75, 3.05) is 5.32 Å². The Balaban J connectivity index is 0.00000243. The van der Waals surface area contributed by atoms with Crippen molar-refractivity contribution in [1.29, 1.82) is 0 Å². The van der Waals surface area contributed by atoms with E-state index >= 15 is 0 Å². The number of nitrogens with one attached hydrogen (secondary N) is 2. The molecule has 0 heterocycles.